The molecule has 2 aromatic carbocycles. The highest BCUT2D eigenvalue weighted by molar-refractivity contribution is 5.37. The molecule has 1 aromatic heterocycles. The molecular weight excluding hydrogens is 316 g/mol. The Morgan fingerprint density at radius 2 is 1.76 bits per heavy atom. The van der Waals surface area contributed by atoms with Crippen LogP contribution < -0.4 is 10.4 Å². The van der Waals surface area contributed by atoms with Gasteiger partial charge in [-0.15, -0.1) is 0 Å². The number of ether oxygens (including phenoxy) is 2. The van der Waals surface area contributed by atoms with Crippen LogP contribution in [-0.2, 0) is 17.9 Å². The Morgan fingerprint density at radius 1 is 1.00 bits per heavy atom. The summed E-state index contributed by atoms with van der Waals surface area (Å²) in [5, 5.41) is 0. The predicted molar refractivity (Wildman–Crippen MR) is 95.1 cm³/mol. The Balaban J connectivity index is 1.44. The van der Waals surface area contributed by atoms with Gasteiger partial charge in [0.15, 0.2) is 0 Å². The van der Waals surface area contributed by atoms with E-state index in [0.717, 1.165) is 30.2 Å². The van der Waals surface area contributed by atoms with Gasteiger partial charge in [-0.2, -0.15) is 0 Å². The van der Waals surface area contributed by atoms with Crippen LogP contribution in [0.2, 0.25) is 0 Å². The van der Waals surface area contributed by atoms with Crippen molar-refractivity contribution in [3.8, 4) is 11.4 Å². The lowest BCUT2D eigenvalue weighted by Gasteiger charge is -2.25. The van der Waals surface area contributed by atoms with Crippen molar-refractivity contribution in [3.63, 3.8) is 0 Å². The van der Waals surface area contributed by atoms with Gasteiger partial charge in [0.1, 0.15) is 12.4 Å². The summed E-state index contributed by atoms with van der Waals surface area (Å²) in [7, 11) is 0. The van der Waals surface area contributed by atoms with Gasteiger partial charge in [-0.05, 0) is 29.8 Å². The summed E-state index contributed by atoms with van der Waals surface area (Å²) in [6.07, 6.45) is 3.64. The first-order chi connectivity index (χ1) is 12.3. The van der Waals surface area contributed by atoms with Crippen molar-refractivity contribution in [2.75, 3.05) is 13.2 Å². The van der Waals surface area contributed by atoms with Crippen LogP contribution in [0.3, 0.4) is 0 Å². The quantitative estimate of drug-likeness (QED) is 0.695. The molecule has 1 aliphatic heterocycles. The van der Waals surface area contributed by atoms with E-state index in [1.54, 1.807) is 9.13 Å². The summed E-state index contributed by atoms with van der Waals surface area (Å²) in [6, 6.07) is 17.6. The van der Waals surface area contributed by atoms with Gasteiger partial charge in [-0.3, -0.25) is 9.13 Å². The largest absolute Gasteiger partial charge is 0.489 e. The normalized spacial score (nSPS) is 14.2. The zero-order chi connectivity index (χ0) is 17.1. The van der Waals surface area contributed by atoms with Crippen molar-refractivity contribution in [2.45, 2.75) is 13.2 Å². The maximum Gasteiger partial charge on any atom is 0.332 e. The Kier molecular flexibility index (Phi) is 4.39. The second kappa shape index (κ2) is 6.99. The lowest BCUT2D eigenvalue weighted by atomic mass is 10.1. The van der Waals surface area contributed by atoms with E-state index in [9.17, 15) is 4.79 Å². The predicted octanol–water partition coefficient (Wildman–Crippen LogP) is 2.86. The van der Waals surface area contributed by atoms with Gasteiger partial charge in [0.2, 0.25) is 0 Å². The molecule has 4 rings (SSSR count). The van der Waals surface area contributed by atoms with Crippen LogP contribution in [0.4, 0.5) is 0 Å². The third-order valence-electron chi connectivity index (χ3n) is 4.37. The first kappa shape index (κ1) is 15.7. The molecule has 5 nitrogen and oxygen atoms in total. The van der Waals surface area contributed by atoms with Crippen LogP contribution in [-0.4, -0.2) is 22.3 Å². The number of benzene rings is 2. The maximum atomic E-state index is 12.5. The monoisotopic (exact) mass is 336 g/mol. The number of hydrogen-bond donors (Lipinski definition) is 0. The Morgan fingerprint density at radius 3 is 2.44 bits per heavy atom. The highest BCUT2D eigenvalue weighted by Gasteiger charge is 2.20. The molecule has 5 heteroatoms. The molecule has 0 N–H and O–H groups in total. The van der Waals surface area contributed by atoms with Crippen LogP contribution in [0.25, 0.3) is 5.69 Å². The average molecular weight is 336 g/mol. The third kappa shape index (κ3) is 3.51. The van der Waals surface area contributed by atoms with Crippen molar-refractivity contribution in [3.05, 3.63) is 83.0 Å². The summed E-state index contributed by atoms with van der Waals surface area (Å²) in [5.74, 6) is 1.23. The van der Waals surface area contributed by atoms with E-state index in [2.05, 4.69) is 0 Å². The summed E-state index contributed by atoms with van der Waals surface area (Å²) < 4.78 is 14.4. The van der Waals surface area contributed by atoms with Crippen LogP contribution >= 0.6 is 0 Å². The van der Waals surface area contributed by atoms with Crippen molar-refractivity contribution in [1.82, 2.24) is 9.13 Å². The van der Waals surface area contributed by atoms with Gasteiger partial charge >= 0.3 is 5.69 Å². The molecule has 0 unspecified atom stereocenters. The molecule has 0 bridgehead atoms. The van der Waals surface area contributed by atoms with Crippen LogP contribution in [0, 0.1) is 5.92 Å². The lowest BCUT2D eigenvalue weighted by Crippen LogP contribution is -2.35. The fourth-order valence-electron chi connectivity index (χ4n) is 2.86. The highest BCUT2D eigenvalue weighted by Crippen LogP contribution is 2.16. The maximum absolute atomic E-state index is 12.5. The van der Waals surface area contributed by atoms with E-state index in [-0.39, 0.29) is 5.69 Å². The van der Waals surface area contributed by atoms with Crippen LogP contribution in [0.5, 0.6) is 5.75 Å². The van der Waals surface area contributed by atoms with E-state index < -0.39 is 0 Å². The fraction of sp³-hybridized carbons (Fsp3) is 0.250. The minimum Gasteiger partial charge on any atom is -0.489 e. The van der Waals surface area contributed by atoms with Crippen molar-refractivity contribution < 1.29 is 9.47 Å². The first-order valence-electron chi connectivity index (χ1n) is 8.42. The van der Waals surface area contributed by atoms with Crippen LogP contribution in [0.15, 0.2) is 71.8 Å². The van der Waals surface area contributed by atoms with E-state index in [4.69, 9.17) is 9.47 Å². The SMILES string of the molecule is O=c1n(CC2COC2)ccn1-c1ccc(OCc2ccccc2)cc1. The molecule has 1 aliphatic rings. The van der Waals surface area contributed by atoms with Gasteiger partial charge in [0, 0.05) is 24.9 Å². The molecule has 0 saturated carbocycles. The number of imidazole rings is 1. The van der Waals surface area contributed by atoms with Gasteiger partial charge < -0.3 is 9.47 Å². The Labute approximate surface area is 146 Å². The molecule has 1 saturated heterocycles. The average Bonchev–Trinajstić information content (AvgIpc) is 2.98. The van der Waals surface area contributed by atoms with E-state index >= 15 is 0 Å². The number of hydrogen-bond acceptors (Lipinski definition) is 3. The molecule has 25 heavy (non-hydrogen) atoms. The molecule has 128 valence electrons. The van der Waals surface area contributed by atoms with E-state index in [1.807, 2.05) is 67.0 Å². The van der Waals surface area contributed by atoms with E-state index in [1.165, 1.54) is 0 Å². The highest BCUT2D eigenvalue weighted by atomic mass is 16.5. The van der Waals surface area contributed by atoms with E-state index in [0.29, 0.717) is 19.1 Å². The molecule has 0 amide bonds. The van der Waals surface area contributed by atoms with Crippen LogP contribution in [0.1, 0.15) is 5.56 Å². The van der Waals surface area contributed by atoms with Crippen molar-refractivity contribution in [1.29, 1.82) is 0 Å². The first-order valence-corrected chi connectivity index (χ1v) is 8.42. The minimum atomic E-state index is -0.0233. The summed E-state index contributed by atoms with van der Waals surface area (Å²) >= 11 is 0. The van der Waals surface area contributed by atoms with Gasteiger partial charge in [-0.25, -0.2) is 4.79 Å². The fourth-order valence-corrected chi connectivity index (χ4v) is 2.86. The molecular formula is C20H20N2O3. The van der Waals surface area contributed by atoms with Gasteiger partial charge in [0.25, 0.3) is 0 Å². The molecule has 0 spiro atoms. The summed E-state index contributed by atoms with van der Waals surface area (Å²) in [5.41, 5.74) is 1.94. The second-order valence-corrected chi connectivity index (χ2v) is 6.27. The molecule has 0 radical (unpaired) electrons. The third-order valence-corrected chi connectivity index (χ3v) is 4.37. The molecule has 3 aromatic rings. The topological polar surface area (TPSA) is 45.4 Å². The molecule has 0 aliphatic carbocycles. The van der Waals surface area contributed by atoms with Crippen molar-refractivity contribution in [2.24, 2.45) is 5.92 Å². The zero-order valence-electron chi connectivity index (χ0n) is 13.9. The summed E-state index contributed by atoms with van der Waals surface area (Å²) in [6.45, 7) is 2.72. The zero-order valence-corrected chi connectivity index (χ0v) is 13.9. The standard InChI is InChI=1S/C20H20N2O3/c23-20-21(12-17-13-24-14-17)10-11-22(20)18-6-8-19(9-7-18)25-15-16-4-2-1-3-5-16/h1-11,17H,12-15H2. The Hall–Kier alpha value is -2.79. The summed E-state index contributed by atoms with van der Waals surface area (Å²) in [4.78, 5) is 12.5. The number of rotatable bonds is 6. The lowest BCUT2D eigenvalue weighted by molar-refractivity contribution is -0.0398. The smallest absolute Gasteiger partial charge is 0.332 e. The number of aromatic nitrogens is 2. The molecule has 1 fully saturated rings. The molecule has 0 atom stereocenters. The molecule has 2 heterocycles. The number of nitrogens with zero attached hydrogens (tertiary/aromatic N) is 2. The second-order valence-electron chi connectivity index (χ2n) is 6.27. The van der Waals surface area contributed by atoms with Gasteiger partial charge in [-0.1, -0.05) is 30.3 Å². The minimum absolute atomic E-state index is 0.0233. The Bertz CT molecular complexity index is 877. The van der Waals surface area contributed by atoms with Gasteiger partial charge in [0.05, 0.1) is 18.9 Å². The van der Waals surface area contributed by atoms with Crippen molar-refractivity contribution >= 4 is 0 Å².